The lowest BCUT2D eigenvalue weighted by molar-refractivity contribution is 0.212. The van der Waals surface area contributed by atoms with Gasteiger partial charge in [-0.25, -0.2) is 4.98 Å². The van der Waals surface area contributed by atoms with E-state index in [1.807, 2.05) is 24.7 Å². The fourth-order valence-corrected chi connectivity index (χ4v) is 3.06. The van der Waals surface area contributed by atoms with Crippen LogP contribution in [0.25, 0.3) is 0 Å². The van der Waals surface area contributed by atoms with Crippen molar-refractivity contribution in [2.75, 3.05) is 19.6 Å². The van der Waals surface area contributed by atoms with Crippen molar-refractivity contribution in [1.82, 2.24) is 19.4 Å². The quantitative estimate of drug-likeness (QED) is 0.856. The molecule has 0 N–H and O–H groups in total. The second kappa shape index (κ2) is 6.18. The second-order valence-electron chi connectivity index (χ2n) is 5.51. The van der Waals surface area contributed by atoms with E-state index in [9.17, 15) is 0 Å². The Morgan fingerprint density at radius 2 is 2.30 bits per heavy atom. The van der Waals surface area contributed by atoms with Gasteiger partial charge in [-0.15, -0.1) is 0 Å². The highest BCUT2D eigenvalue weighted by molar-refractivity contribution is 5.12. The Bertz CT molecular complexity index is 534. The fraction of sp³-hybridized carbons (Fsp3) is 0.500. The summed E-state index contributed by atoms with van der Waals surface area (Å²) in [5, 5.41) is 0. The van der Waals surface area contributed by atoms with Crippen LogP contribution in [0.5, 0.6) is 0 Å². The van der Waals surface area contributed by atoms with Gasteiger partial charge >= 0.3 is 0 Å². The van der Waals surface area contributed by atoms with Crippen molar-refractivity contribution in [3.63, 3.8) is 0 Å². The highest BCUT2D eigenvalue weighted by atomic mass is 15.1. The third-order valence-corrected chi connectivity index (χ3v) is 4.14. The highest BCUT2D eigenvalue weighted by Crippen LogP contribution is 2.26. The summed E-state index contributed by atoms with van der Waals surface area (Å²) >= 11 is 0. The molecule has 20 heavy (non-hydrogen) atoms. The molecule has 0 radical (unpaired) electrons. The van der Waals surface area contributed by atoms with Crippen LogP contribution in [0.2, 0.25) is 0 Å². The Hall–Kier alpha value is -1.68. The zero-order valence-corrected chi connectivity index (χ0v) is 12.1. The second-order valence-corrected chi connectivity index (χ2v) is 5.51. The third kappa shape index (κ3) is 2.90. The van der Waals surface area contributed by atoms with E-state index in [-0.39, 0.29) is 0 Å². The summed E-state index contributed by atoms with van der Waals surface area (Å²) < 4.78 is 2.28. The highest BCUT2D eigenvalue weighted by Gasteiger charge is 2.23. The first kappa shape index (κ1) is 13.3. The number of pyridine rings is 1. The fourth-order valence-electron chi connectivity index (χ4n) is 3.06. The molecule has 0 bridgehead atoms. The number of likely N-dealkylation sites (N-methyl/N-ethyl adjacent to an activating group) is 1. The van der Waals surface area contributed by atoms with E-state index in [1.165, 1.54) is 30.8 Å². The summed E-state index contributed by atoms with van der Waals surface area (Å²) in [5.74, 6) is 1.79. The van der Waals surface area contributed by atoms with Gasteiger partial charge in [0.05, 0.1) is 6.54 Å². The lowest BCUT2D eigenvalue weighted by Crippen LogP contribution is -2.35. The SMILES string of the molecule is CCN1CCCC(c2nccn2Cc2cccnc2)C1. The number of likely N-dealkylation sites (tertiary alicyclic amines) is 1. The van der Waals surface area contributed by atoms with Gasteiger partial charge in [0, 0.05) is 37.3 Å². The third-order valence-electron chi connectivity index (χ3n) is 4.14. The smallest absolute Gasteiger partial charge is 0.113 e. The molecule has 1 atom stereocenters. The van der Waals surface area contributed by atoms with E-state index in [2.05, 4.69) is 38.6 Å². The first-order valence-corrected chi connectivity index (χ1v) is 7.49. The Morgan fingerprint density at radius 1 is 1.35 bits per heavy atom. The summed E-state index contributed by atoms with van der Waals surface area (Å²) in [6.45, 7) is 6.62. The Kier molecular flexibility index (Phi) is 4.11. The summed E-state index contributed by atoms with van der Waals surface area (Å²) in [5.41, 5.74) is 1.23. The molecule has 2 aromatic rings. The van der Waals surface area contributed by atoms with Gasteiger partial charge < -0.3 is 9.47 Å². The minimum atomic E-state index is 0.565. The first-order valence-electron chi connectivity index (χ1n) is 7.49. The monoisotopic (exact) mass is 270 g/mol. The zero-order valence-electron chi connectivity index (χ0n) is 12.1. The summed E-state index contributed by atoms with van der Waals surface area (Å²) in [7, 11) is 0. The van der Waals surface area contributed by atoms with E-state index in [1.54, 1.807) is 0 Å². The molecule has 1 aliphatic rings. The molecular formula is C16H22N4. The normalized spacial score (nSPS) is 20.1. The molecule has 4 nitrogen and oxygen atoms in total. The molecule has 0 saturated carbocycles. The number of hydrogen-bond acceptors (Lipinski definition) is 3. The van der Waals surface area contributed by atoms with Gasteiger partial charge in [0.15, 0.2) is 0 Å². The molecule has 3 heterocycles. The standard InChI is InChI=1S/C16H22N4/c1-2-19-9-4-6-15(13-19)16-18-8-10-20(16)12-14-5-3-7-17-11-14/h3,5,7-8,10-11,15H,2,4,6,9,12-13H2,1H3. The van der Waals surface area contributed by atoms with Gasteiger partial charge in [-0.05, 0) is 37.6 Å². The maximum Gasteiger partial charge on any atom is 0.113 e. The van der Waals surface area contributed by atoms with Gasteiger partial charge in [0.2, 0.25) is 0 Å². The number of piperidine rings is 1. The van der Waals surface area contributed by atoms with Crippen molar-refractivity contribution in [3.8, 4) is 0 Å². The minimum absolute atomic E-state index is 0.565. The lowest BCUT2D eigenvalue weighted by Gasteiger charge is -2.31. The van der Waals surface area contributed by atoms with Crippen molar-refractivity contribution >= 4 is 0 Å². The van der Waals surface area contributed by atoms with E-state index in [4.69, 9.17) is 0 Å². The van der Waals surface area contributed by atoms with E-state index in [0.29, 0.717) is 5.92 Å². The molecule has 1 saturated heterocycles. The molecule has 1 aliphatic heterocycles. The van der Waals surface area contributed by atoms with Gasteiger partial charge in [-0.2, -0.15) is 0 Å². The van der Waals surface area contributed by atoms with Crippen LogP contribution in [0.15, 0.2) is 36.9 Å². The van der Waals surface area contributed by atoms with Gasteiger partial charge in [-0.3, -0.25) is 4.98 Å². The average molecular weight is 270 g/mol. The van der Waals surface area contributed by atoms with Crippen molar-refractivity contribution in [3.05, 3.63) is 48.3 Å². The largest absolute Gasteiger partial charge is 0.330 e. The molecule has 4 heteroatoms. The molecule has 1 fully saturated rings. The van der Waals surface area contributed by atoms with Gasteiger partial charge in [-0.1, -0.05) is 13.0 Å². The van der Waals surface area contributed by atoms with Crippen molar-refractivity contribution < 1.29 is 0 Å². The number of imidazole rings is 1. The van der Waals surface area contributed by atoms with Crippen molar-refractivity contribution in [1.29, 1.82) is 0 Å². The molecule has 0 aromatic carbocycles. The van der Waals surface area contributed by atoms with E-state index in [0.717, 1.165) is 19.6 Å². The van der Waals surface area contributed by atoms with Crippen molar-refractivity contribution in [2.45, 2.75) is 32.2 Å². The zero-order chi connectivity index (χ0) is 13.8. The predicted octanol–water partition coefficient (Wildman–Crippen LogP) is 2.53. The summed E-state index contributed by atoms with van der Waals surface area (Å²) in [6.07, 6.45) is 10.3. The molecule has 0 aliphatic carbocycles. The molecular weight excluding hydrogens is 248 g/mol. The van der Waals surface area contributed by atoms with Crippen LogP contribution in [-0.4, -0.2) is 39.1 Å². The van der Waals surface area contributed by atoms with Crippen LogP contribution in [-0.2, 0) is 6.54 Å². The van der Waals surface area contributed by atoms with Crippen LogP contribution in [0.1, 0.15) is 37.1 Å². The van der Waals surface area contributed by atoms with Crippen LogP contribution >= 0.6 is 0 Å². The van der Waals surface area contributed by atoms with Gasteiger partial charge in [0.25, 0.3) is 0 Å². The number of aromatic nitrogens is 3. The van der Waals surface area contributed by atoms with Crippen LogP contribution in [0.3, 0.4) is 0 Å². The molecule has 1 unspecified atom stereocenters. The van der Waals surface area contributed by atoms with Gasteiger partial charge in [0.1, 0.15) is 5.82 Å². The molecule has 0 spiro atoms. The van der Waals surface area contributed by atoms with Crippen LogP contribution in [0.4, 0.5) is 0 Å². The Morgan fingerprint density at radius 3 is 3.10 bits per heavy atom. The lowest BCUT2D eigenvalue weighted by atomic mass is 9.97. The number of hydrogen-bond donors (Lipinski definition) is 0. The van der Waals surface area contributed by atoms with E-state index < -0.39 is 0 Å². The first-order chi connectivity index (χ1) is 9.86. The molecule has 106 valence electrons. The Balaban J connectivity index is 1.76. The minimum Gasteiger partial charge on any atom is -0.330 e. The van der Waals surface area contributed by atoms with Crippen LogP contribution in [0, 0.1) is 0 Å². The van der Waals surface area contributed by atoms with Crippen LogP contribution < -0.4 is 0 Å². The maximum absolute atomic E-state index is 4.62. The predicted molar refractivity (Wildman–Crippen MR) is 79.7 cm³/mol. The molecule has 3 rings (SSSR count). The number of nitrogens with zero attached hydrogens (tertiary/aromatic N) is 4. The summed E-state index contributed by atoms with van der Waals surface area (Å²) in [6, 6.07) is 4.11. The summed E-state index contributed by atoms with van der Waals surface area (Å²) in [4.78, 5) is 11.3. The number of rotatable bonds is 4. The van der Waals surface area contributed by atoms with Crippen molar-refractivity contribution in [2.24, 2.45) is 0 Å². The van der Waals surface area contributed by atoms with E-state index >= 15 is 0 Å². The topological polar surface area (TPSA) is 34.0 Å². The maximum atomic E-state index is 4.62. The average Bonchev–Trinajstić information content (AvgIpc) is 2.96. The molecule has 2 aromatic heterocycles. The Labute approximate surface area is 120 Å². The molecule has 0 amide bonds.